The van der Waals surface area contributed by atoms with Crippen molar-refractivity contribution in [3.63, 3.8) is 0 Å². The van der Waals surface area contributed by atoms with Crippen molar-refractivity contribution in [1.29, 1.82) is 0 Å². The first-order valence-electron chi connectivity index (χ1n) is 22.6. The third kappa shape index (κ3) is 7.65. The molecule has 0 aliphatic heterocycles. The lowest BCUT2D eigenvalue weighted by molar-refractivity contribution is -0.173. The van der Waals surface area contributed by atoms with E-state index in [0.29, 0.717) is 73.6 Å². The van der Waals surface area contributed by atoms with E-state index in [-0.39, 0.29) is 12.8 Å². The van der Waals surface area contributed by atoms with Crippen LogP contribution in [0.1, 0.15) is 64.7 Å². The van der Waals surface area contributed by atoms with Gasteiger partial charge in [0.15, 0.2) is 0 Å². The Kier molecular flexibility index (Phi) is 12.4. The summed E-state index contributed by atoms with van der Waals surface area (Å²) < 4.78 is 23.4. The second-order valence-corrected chi connectivity index (χ2v) is 17.4. The Labute approximate surface area is 396 Å². The van der Waals surface area contributed by atoms with Crippen molar-refractivity contribution >= 4 is 33.4 Å². The number of carbonyl (C=O) groups is 2. The third-order valence-corrected chi connectivity index (χ3v) is 13.9. The molecule has 10 nitrogen and oxygen atoms in total. The topological polar surface area (TPSA) is 141 Å². The molecule has 68 heavy (non-hydrogen) atoms. The minimum atomic E-state index is -2.22. The molecule has 1 aliphatic carbocycles. The molecule has 0 aromatic heterocycles. The smallest absolute Gasteiger partial charge is 0.239 e. The number of benzene rings is 8. The normalized spacial score (nSPS) is 14.3. The number of carbonyl (C=O) groups excluding carboxylic acids is 2. The van der Waals surface area contributed by atoms with Crippen LogP contribution in [0.4, 0.5) is 0 Å². The predicted molar refractivity (Wildman–Crippen MR) is 264 cm³/mol. The van der Waals surface area contributed by atoms with Gasteiger partial charge in [-0.15, -0.1) is 0 Å². The van der Waals surface area contributed by atoms with Crippen LogP contribution in [0.2, 0.25) is 0 Å². The van der Waals surface area contributed by atoms with Gasteiger partial charge in [0.05, 0.1) is 40.5 Å². The third-order valence-electron chi connectivity index (χ3n) is 13.9. The number of nitrogens with zero attached hydrogens (tertiary/aromatic N) is 1. The molecule has 0 spiro atoms. The number of rotatable bonds is 16. The number of ether oxygens (including phenoxy) is 4. The van der Waals surface area contributed by atoms with Crippen LogP contribution in [0, 0.1) is 5.41 Å². The highest BCUT2D eigenvalue weighted by Crippen LogP contribution is 2.58. The molecule has 9 rings (SSSR count). The highest BCUT2D eigenvalue weighted by atomic mass is 16.5. The molecule has 2 atom stereocenters. The van der Waals surface area contributed by atoms with E-state index in [1.54, 1.807) is 130 Å². The van der Waals surface area contributed by atoms with E-state index < -0.39 is 40.5 Å². The molecule has 10 heteroatoms. The molecule has 344 valence electrons. The zero-order valence-electron chi connectivity index (χ0n) is 38.5. The maximum atomic E-state index is 17.0. The summed E-state index contributed by atoms with van der Waals surface area (Å²) in [5.41, 5.74) is 2.73. The monoisotopic (exact) mass is 906 g/mol. The fourth-order valence-electron chi connectivity index (χ4n) is 10.3. The molecule has 1 aliphatic rings. The Morgan fingerprint density at radius 1 is 0.500 bits per heavy atom. The van der Waals surface area contributed by atoms with Gasteiger partial charge in [0.25, 0.3) is 0 Å². The summed E-state index contributed by atoms with van der Waals surface area (Å²) in [5.74, 6) is 0.314. The second kappa shape index (κ2) is 18.6. The van der Waals surface area contributed by atoms with Gasteiger partial charge in [-0.2, -0.15) is 0 Å². The van der Waals surface area contributed by atoms with E-state index in [0.717, 1.165) is 10.8 Å². The summed E-state index contributed by atoms with van der Waals surface area (Å²) >= 11 is 0. The fourth-order valence-corrected chi connectivity index (χ4v) is 10.3. The van der Waals surface area contributed by atoms with Gasteiger partial charge in [-0.05, 0) is 116 Å². The highest BCUT2D eigenvalue weighted by Gasteiger charge is 2.61. The molecule has 0 unspecified atom stereocenters. The summed E-state index contributed by atoms with van der Waals surface area (Å²) in [6, 6.07) is 52.5. The number of aliphatic hydroxyl groups is 2. The number of methoxy groups -OCH3 is 4. The number of fused-ring (bicyclic) bond motifs is 2. The number of hydrogen-bond acceptors (Lipinski definition) is 8. The molecule has 2 amide bonds. The number of amides is 2. The van der Waals surface area contributed by atoms with E-state index in [9.17, 15) is 15.0 Å². The van der Waals surface area contributed by atoms with Crippen molar-refractivity contribution in [2.45, 2.75) is 42.5 Å². The first kappa shape index (κ1) is 45.5. The van der Waals surface area contributed by atoms with Crippen LogP contribution in [0.15, 0.2) is 182 Å². The minimum Gasteiger partial charge on any atom is -0.497 e. The first-order valence-corrected chi connectivity index (χ1v) is 22.6. The van der Waals surface area contributed by atoms with Crippen molar-refractivity contribution in [2.75, 3.05) is 28.4 Å². The molecule has 0 bridgehead atoms. The van der Waals surface area contributed by atoms with Crippen molar-refractivity contribution in [3.8, 4) is 23.0 Å². The number of nitrogens with two attached hydrogens (primary N) is 1. The minimum absolute atomic E-state index is 0.148. The number of primary amides is 1. The van der Waals surface area contributed by atoms with E-state index in [4.69, 9.17) is 24.7 Å². The Morgan fingerprint density at radius 3 is 1.13 bits per heavy atom. The van der Waals surface area contributed by atoms with Crippen molar-refractivity contribution < 1.29 is 38.7 Å². The lowest BCUT2D eigenvalue weighted by Gasteiger charge is -2.54. The van der Waals surface area contributed by atoms with Gasteiger partial charge in [0.1, 0.15) is 39.6 Å². The summed E-state index contributed by atoms with van der Waals surface area (Å²) in [4.78, 5) is 32.9. The molecular formula is C58H54N2O8. The average molecular weight is 907 g/mol. The van der Waals surface area contributed by atoms with Gasteiger partial charge < -0.3 is 39.8 Å². The zero-order valence-corrected chi connectivity index (χ0v) is 38.5. The van der Waals surface area contributed by atoms with Crippen LogP contribution < -0.4 is 24.7 Å². The predicted octanol–water partition coefficient (Wildman–Crippen LogP) is 10.2. The van der Waals surface area contributed by atoms with Crippen LogP contribution >= 0.6 is 0 Å². The SMILES string of the molecule is COc1cccc(C(O)(c2cccc(OC)c2)[C@H](c2cccc3ccccc23)N(C(=O)C2(C(N)=O)CCC2)[C@@H](c2cccc3ccccc23)C(O)(c2cccc(OC)c2)c2cccc(OC)c2)c1. The Balaban J connectivity index is 1.54. The Morgan fingerprint density at radius 2 is 0.824 bits per heavy atom. The summed E-state index contributed by atoms with van der Waals surface area (Å²) in [7, 11) is 6.20. The molecule has 1 fully saturated rings. The van der Waals surface area contributed by atoms with E-state index in [1.165, 1.54) is 0 Å². The number of hydrogen-bond donors (Lipinski definition) is 3. The Hall–Kier alpha value is -7.66. The maximum Gasteiger partial charge on any atom is 0.239 e. The fraction of sp³-hybridized carbons (Fsp3) is 0.207. The molecule has 1 saturated carbocycles. The van der Waals surface area contributed by atoms with Gasteiger partial charge >= 0.3 is 0 Å². The van der Waals surface area contributed by atoms with Crippen LogP contribution in [-0.2, 0) is 20.8 Å². The molecule has 8 aromatic rings. The van der Waals surface area contributed by atoms with E-state index in [2.05, 4.69) is 0 Å². The first-order chi connectivity index (χ1) is 33.0. The van der Waals surface area contributed by atoms with Crippen molar-refractivity contribution in [3.05, 3.63) is 215 Å². The lowest BCUT2D eigenvalue weighted by atomic mass is 9.64. The maximum absolute atomic E-state index is 17.0. The Bertz CT molecular complexity index is 2850. The highest BCUT2D eigenvalue weighted by molar-refractivity contribution is 6.06. The van der Waals surface area contributed by atoms with Crippen LogP contribution in [0.25, 0.3) is 21.5 Å². The standard InChI is InChI=1S/C58H54N2O8/c1-65-44-24-11-20-40(34-44)57(63,41-21-12-25-45(35-41)66-2)52(50-30-9-18-38-16-5-7-28-48(38)50)60(55(62)56(54(59)61)32-15-33-56)53(51-31-10-19-39-17-6-8-29-49(39)51)58(64,42-22-13-26-46(36-42)67-3)43-23-14-27-47(37-43)68-4/h5-14,16-31,34-37,52-53,63-64H,15,32-33H2,1-4H3,(H2,59,61)/t52-,53-/m0/s1. The van der Waals surface area contributed by atoms with Gasteiger partial charge in [-0.25, -0.2) is 0 Å². The molecular weight excluding hydrogens is 853 g/mol. The molecule has 0 radical (unpaired) electrons. The van der Waals surface area contributed by atoms with Gasteiger partial charge in [-0.3, -0.25) is 9.59 Å². The quantitative estimate of drug-likeness (QED) is 0.0815. The summed E-state index contributed by atoms with van der Waals surface area (Å²) in [6.07, 6.45) is 0.845. The van der Waals surface area contributed by atoms with E-state index in [1.807, 2.05) is 84.9 Å². The molecule has 8 aromatic carbocycles. The van der Waals surface area contributed by atoms with Gasteiger partial charge in [0.2, 0.25) is 11.8 Å². The second-order valence-electron chi connectivity index (χ2n) is 17.4. The van der Waals surface area contributed by atoms with E-state index >= 15 is 4.79 Å². The average Bonchev–Trinajstić information content (AvgIpc) is 3.37. The summed E-state index contributed by atoms with van der Waals surface area (Å²) in [5, 5.41) is 32.7. The van der Waals surface area contributed by atoms with Crippen LogP contribution in [0.3, 0.4) is 0 Å². The lowest BCUT2D eigenvalue weighted by Crippen LogP contribution is -2.61. The van der Waals surface area contributed by atoms with Crippen molar-refractivity contribution in [2.24, 2.45) is 11.1 Å². The van der Waals surface area contributed by atoms with Crippen LogP contribution in [0.5, 0.6) is 23.0 Å². The molecule has 4 N–H and O–H groups in total. The van der Waals surface area contributed by atoms with Gasteiger partial charge in [-0.1, -0.05) is 140 Å². The largest absolute Gasteiger partial charge is 0.497 e. The van der Waals surface area contributed by atoms with Crippen LogP contribution in [-0.4, -0.2) is 55.4 Å². The molecule has 0 saturated heterocycles. The van der Waals surface area contributed by atoms with Crippen molar-refractivity contribution in [1.82, 2.24) is 4.90 Å². The molecule has 0 heterocycles. The zero-order chi connectivity index (χ0) is 47.6. The summed E-state index contributed by atoms with van der Waals surface area (Å²) in [6.45, 7) is 0. The van der Waals surface area contributed by atoms with Gasteiger partial charge in [0, 0.05) is 0 Å².